The monoisotopic (exact) mass is 316 g/mol. The number of rotatable bonds is 1. The number of phenols is 1. The van der Waals surface area contributed by atoms with Gasteiger partial charge in [-0.2, -0.15) is 0 Å². The largest absolute Gasteiger partial charge is 0.507 e. The first-order valence-corrected chi connectivity index (χ1v) is 6.46. The number of benzene rings is 2. The Hall–Kier alpha value is -2.07. The van der Waals surface area contributed by atoms with E-state index in [0.29, 0.717) is 21.0 Å². The third kappa shape index (κ3) is 2.15. The normalized spacial score (nSPS) is 10.8. The zero-order valence-electron chi connectivity index (χ0n) is 9.76. The second-order valence-corrected chi connectivity index (χ2v) is 5.01. The zero-order chi connectivity index (χ0) is 13.4. The lowest BCUT2D eigenvalue weighted by molar-refractivity contribution is 0.471. The highest BCUT2D eigenvalue weighted by molar-refractivity contribution is 9.10. The van der Waals surface area contributed by atoms with Crippen molar-refractivity contribution in [1.82, 2.24) is 0 Å². The molecule has 0 atom stereocenters. The zero-order valence-corrected chi connectivity index (χ0v) is 11.3. The first kappa shape index (κ1) is 12.0. The summed E-state index contributed by atoms with van der Waals surface area (Å²) in [4.78, 5) is 12.0. The van der Waals surface area contributed by atoms with Gasteiger partial charge in [0.1, 0.15) is 11.3 Å². The Morgan fingerprint density at radius 1 is 1.05 bits per heavy atom. The summed E-state index contributed by atoms with van der Waals surface area (Å²) in [5.74, 6) is 0.111. The average Bonchev–Trinajstić information content (AvgIpc) is 2.41. The molecule has 0 bridgehead atoms. The van der Waals surface area contributed by atoms with Crippen molar-refractivity contribution < 1.29 is 9.52 Å². The first-order valence-electron chi connectivity index (χ1n) is 5.67. The molecule has 0 unspecified atom stereocenters. The maximum atomic E-state index is 12.0. The van der Waals surface area contributed by atoms with Crippen molar-refractivity contribution >= 4 is 26.9 Å². The van der Waals surface area contributed by atoms with Crippen molar-refractivity contribution in [3.05, 3.63) is 63.4 Å². The van der Waals surface area contributed by atoms with Crippen LogP contribution in [0.5, 0.6) is 5.75 Å². The first-order chi connectivity index (χ1) is 9.15. The molecule has 3 rings (SSSR count). The maximum absolute atomic E-state index is 12.0. The van der Waals surface area contributed by atoms with Gasteiger partial charge in [-0.3, -0.25) is 0 Å². The van der Waals surface area contributed by atoms with Gasteiger partial charge in [0.15, 0.2) is 0 Å². The van der Waals surface area contributed by atoms with Gasteiger partial charge in [0, 0.05) is 5.39 Å². The van der Waals surface area contributed by atoms with E-state index >= 15 is 0 Å². The molecule has 1 heterocycles. The molecular formula is C15H9BrO3. The van der Waals surface area contributed by atoms with Crippen molar-refractivity contribution in [2.75, 3.05) is 0 Å². The van der Waals surface area contributed by atoms with Crippen LogP contribution < -0.4 is 5.63 Å². The number of aromatic hydroxyl groups is 1. The van der Waals surface area contributed by atoms with E-state index < -0.39 is 5.63 Å². The molecule has 0 aliphatic rings. The predicted octanol–water partition coefficient (Wildman–Crippen LogP) is 3.93. The van der Waals surface area contributed by atoms with Crippen LogP contribution in [0.15, 0.2) is 62.2 Å². The van der Waals surface area contributed by atoms with Crippen molar-refractivity contribution in [2.24, 2.45) is 0 Å². The van der Waals surface area contributed by atoms with Crippen LogP contribution in [-0.4, -0.2) is 5.11 Å². The highest BCUT2D eigenvalue weighted by Crippen LogP contribution is 2.30. The van der Waals surface area contributed by atoms with Gasteiger partial charge in [-0.25, -0.2) is 4.79 Å². The van der Waals surface area contributed by atoms with Crippen LogP contribution in [0.3, 0.4) is 0 Å². The van der Waals surface area contributed by atoms with E-state index in [0.717, 1.165) is 5.56 Å². The van der Waals surface area contributed by atoms with E-state index in [1.54, 1.807) is 18.2 Å². The van der Waals surface area contributed by atoms with E-state index in [1.807, 2.05) is 30.3 Å². The molecule has 0 spiro atoms. The lowest BCUT2D eigenvalue weighted by atomic mass is 10.1. The number of phenolic OH excluding ortho intramolecular Hbond substituents is 1. The molecule has 1 N–H and O–H groups in total. The molecule has 4 heteroatoms. The van der Waals surface area contributed by atoms with Crippen molar-refractivity contribution in [2.45, 2.75) is 0 Å². The molecule has 3 aromatic rings. The molecule has 3 nitrogen and oxygen atoms in total. The second kappa shape index (κ2) is 4.55. The fourth-order valence-electron chi connectivity index (χ4n) is 1.95. The summed E-state index contributed by atoms with van der Waals surface area (Å²) < 4.78 is 5.78. The summed E-state index contributed by atoms with van der Waals surface area (Å²) in [7, 11) is 0. The highest BCUT2D eigenvalue weighted by atomic mass is 79.9. The van der Waals surface area contributed by atoms with E-state index in [9.17, 15) is 9.90 Å². The van der Waals surface area contributed by atoms with Crippen molar-refractivity contribution in [1.29, 1.82) is 0 Å². The number of hydrogen-bond acceptors (Lipinski definition) is 3. The number of hydrogen-bond donors (Lipinski definition) is 1. The van der Waals surface area contributed by atoms with Crippen LogP contribution in [0, 0.1) is 0 Å². The molecule has 0 amide bonds. The minimum Gasteiger partial charge on any atom is -0.507 e. The SMILES string of the molecule is O=c1oc2cc(Br)c(O)cc2cc1-c1ccccc1. The molecular weight excluding hydrogens is 308 g/mol. The van der Waals surface area contributed by atoms with Crippen LogP contribution in [0.2, 0.25) is 0 Å². The van der Waals surface area contributed by atoms with Crippen molar-refractivity contribution in [3.63, 3.8) is 0 Å². The third-order valence-corrected chi connectivity index (χ3v) is 3.52. The third-order valence-electron chi connectivity index (χ3n) is 2.89. The molecule has 0 aliphatic heterocycles. The quantitative estimate of drug-likeness (QED) is 0.692. The highest BCUT2D eigenvalue weighted by Gasteiger charge is 2.09. The minimum absolute atomic E-state index is 0.111. The van der Waals surface area contributed by atoms with Gasteiger partial charge in [-0.15, -0.1) is 0 Å². The summed E-state index contributed by atoms with van der Waals surface area (Å²) >= 11 is 3.19. The molecule has 19 heavy (non-hydrogen) atoms. The standard InChI is InChI=1S/C15H9BrO3/c16-12-8-14-10(7-13(12)17)6-11(15(18)19-14)9-4-2-1-3-5-9/h1-8,17H. The van der Waals surface area contributed by atoms with E-state index in [-0.39, 0.29) is 5.75 Å². The van der Waals surface area contributed by atoms with Crippen LogP contribution in [0.4, 0.5) is 0 Å². The van der Waals surface area contributed by atoms with Gasteiger partial charge in [0.2, 0.25) is 0 Å². The van der Waals surface area contributed by atoms with Crippen LogP contribution in [0.25, 0.3) is 22.1 Å². The molecule has 0 radical (unpaired) electrons. The fraction of sp³-hybridized carbons (Fsp3) is 0. The molecule has 1 aromatic heterocycles. The molecule has 0 fully saturated rings. The van der Waals surface area contributed by atoms with Crippen molar-refractivity contribution in [3.8, 4) is 16.9 Å². The van der Waals surface area contributed by atoms with Gasteiger partial charge in [-0.1, -0.05) is 30.3 Å². The summed E-state index contributed by atoms with van der Waals surface area (Å²) in [5, 5.41) is 10.4. The minimum atomic E-state index is -0.392. The molecule has 2 aromatic carbocycles. The average molecular weight is 317 g/mol. The Morgan fingerprint density at radius 3 is 2.53 bits per heavy atom. The van der Waals surface area contributed by atoms with Crippen LogP contribution in [-0.2, 0) is 0 Å². The summed E-state index contributed by atoms with van der Waals surface area (Å²) in [5.41, 5.74) is 1.32. The van der Waals surface area contributed by atoms with E-state index in [1.165, 1.54) is 0 Å². The molecule has 0 aliphatic carbocycles. The maximum Gasteiger partial charge on any atom is 0.344 e. The van der Waals surface area contributed by atoms with Gasteiger partial charge in [0.25, 0.3) is 0 Å². The van der Waals surface area contributed by atoms with Gasteiger partial charge in [-0.05, 0) is 39.7 Å². The Kier molecular flexibility index (Phi) is 2.87. The lowest BCUT2D eigenvalue weighted by Gasteiger charge is -2.04. The fourth-order valence-corrected chi connectivity index (χ4v) is 2.27. The lowest BCUT2D eigenvalue weighted by Crippen LogP contribution is -2.02. The second-order valence-electron chi connectivity index (χ2n) is 4.16. The number of fused-ring (bicyclic) bond motifs is 1. The molecule has 0 saturated carbocycles. The van der Waals surface area contributed by atoms with Gasteiger partial charge < -0.3 is 9.52 Å². The van der Waals surface area contributed by atoms with Gasteiger partial charge in [0.05, 0.1) is 10.0 Å². The van der Waals surface area contributed by atoms with Crippen LogP contribution >= 0.6 is 15.9 Å². The van der Waals surface area contributed by atoms with Crippen LogP contribution in [0.1, 0.15) is 0 Å². The Labute approximate surface area is 117 Å². The van der Waals surface area contributed by atoms with Gasteiger partial charge >= 0.3 is 5.63 Å². The number of halogens is 1. The predicted molar refractivity (Wildman–Crippen MR) is 77.3 cm³/mol. The van der Waals surface area contributed by atoms with E-state index in [2.05, 4.69) is 15.9 Å². The summed E-state index contributed by atoms with van der Waals surface area (Å²) in [6, 6.07) is 14.2. The van der Waals surface area contributed by atoms with E-state index in [4.69, 9.17) is 4.42 Å². The molecule has 0 saturated heterocycles. The Bertz CT molecular complexity index is 807. The Morgan fingerprint density at radius 2 is 1.79 bits per heavy atom. The smallest absolute Gasteiger partial charge is 0.344 e. The summed E-state index contributed by atoms with van der Waals surface area (Å²) in [6.45, 7) is 0. The summed E-state index contributed by atoms with van der Waals surface area (Å²) in [6.07, 6.45) is 0. The topological polar surface area (TPSA) is 50.4 Å². The Balaban J connectivity index is 2.31. The molecule has 94 valence electrons.